The summed E-state index contributed by atoms with van der Waals surface area (Å²) in [7, 11) is 3.33. The fourth-order valence-electron chi connectivity index (χ4n) is 6.95. The fraction of sp³-hybridized carbons (Fsp3) is 0.394. The van der Waals surface area contributed by atoms with Crippen LogP contribution in [0.3, 0.4) is 0 Å². The van der Waals surface area contributed by atoms with Crippen LogP contribution in [-0.4, -0.2) is 69.8 Å². The summed E-state index contributed by atoms with van der Waals surface area (Å²) in [5, 5.41) is 11.8. The summed E-state index contributed by atoms with van der Waals surface area (Å²) in [6, 6.07) is 9.41. The number of methoxy groups -OCH3 is 1. The zero-order chi connectivity index (χ0) is 31.9. The normalized spacial score (nSPS) is 19.7. The van der Waals surface area contributed by atoms with Gasteiger partial charge >= 0.3 is 0 Å². The molecule has 1 saturated heterocycles. The second-order valence-corrected chi connectivity index (χ2v) is 12.8. The van der Waals surface area contributed by atoms with Gasteiger partial charge in [0.1, 0.15) is 17.0 Å². The lowest BCUT2D eigenvalue weighted by atomic mass is 10.0. The molecule has 5 aromatic heterocycles. The summed E-state index contributed by atoms with van der Waals surface area (Å²) < 4.78 is 11.5. The number of nitrogens with zero attached hydrogens (tertiary/aromatic N) is 8. The number of imidazole rings is 1. The Balaban J connectivity index is 1.18. The van der Waals surface area contributed by atoms with Crippen molar-refractivity contribution in [1.82, 2.24) is 44.1 Å². The molecule has 7 heterocycles. The number of carbonyl (C=O) groups is 2. The number of ether oxygens (including phenoxy) is 1. The molecule has 13 nitrogen and oxygen atoms in total. The third-order valence-electron chi connectivity index (χ3n) is 9.51. The first-order chi connectivity index (χ1) is 22.2. The Hall–Kier alpha value is -5.04. The van der Waals surface area contributed by atoms with Crippen LogP contribution < -0.4 is 15.8 Å². The number of aryl methyl sites for hydroxylation is 2. The van der Waals surface area contributed by atoms with E-state index in [1.165, 1.54) is 17.5 Å². The van der Waals surface area contributed by atoms with Gasteiger partial charge in [-0.05, 0) is 69.7 Å². The standard InChI is InChI=1S/C33H36N10O3/c1-17(35-32(44)25-16-40(3)39-38-25)24-9-7-20-11-27(41(31(20)36-24)15-19-5-6-19)30-18(2)42-28(37-30)12-21(13-29(42)46-4)33(45)43-22-8-10-26(43)23(34)14-22/h7,9-13,16-17,19,22-23H,5-6,8,14-15,34H2,1-4H3,(H,35,44)/t17-,22+,23-/m1/s1. The number of aromatic nitrogens is 7. The molecule has 2 aliphatic heterocycles. The van der Waals surface area contributed by atoms with Gasteiger partial charge in [0, 0.05) is 48.4 Å². The number of nitrogens with one attached hydrogen (secondary N) is 1. The van der Waals surface area contributed by atoms with E-state index in [0.29, 0.717) is 23.0 Å². The van der Waals surface area contributed by atoms with Crippen LogP contribution in [0.4, 0.5) is 0 Å². The first-order valence-corrected chi connectivity index (χ1v) is 15.7. The number of pyridine rings is 2. The molecule has 0 spiro atoms. The van der Waals surface area contributed by atoms with E-state index in [4.69, 9.17) is 20.4 Å². The molecule has 2 amide bonds. The number of nitrogens with two attached hydrogens (primary N) is 1. The first kappa shape index (κ1) is 28.4. The highest BCUT2D eigenvalue weighted by Crippen LogP contribution is 2.39. The lowest BCUT2D eigenvalue weighted by Gasteiger charge is -2.20. The van der Waals surface area contributed by atoms with E-state index in [1.54, 1.807) is 26.4 Å². The number of rotatable bonds is 8. The third-order valence-corrected chi connectivity index (χ3v) is 9.51. The van der Waals surface area contributed by atoms with Crippen molar-refractivity contribution in [3.63, 3.8) is 0 Å². The van der Waals surface area contributed by atoms with Gasteiger partial charge in [-0.1, -0.05) is 11.3 Å². The molecule has 0 radical (unpaired) electrons. The summed E-state index contributed by atoms with van der Waals surface area (Å²) in [6.07, 6.45) is 7.64. The maximum absolute atomic E-state index is 13.8. The SMILES string of the molecule is COc1cc(C(=O)N2C3=CC[C@H]2C[C@H]3N)cc2nc(-c3cc4ccc([C@@H](C)NC(=O)c5cn(C)nn5)nc4n3CC3CC3)c(C)n12. The van der Waals surface area contributed by atoms with E-state index >= 15 is 0 Å². The number of hydrogen-bond acceptors (Lipinski definition) is 8. The molecule has 1 aliphatic carbocycles. The average molecular weight is 621 g/mol. The van der Waals surface area contributed by atoms with Gasteiger partial charge in [0.2, 0.25) is 0 Å². The van der Waals surface area contributed by atoms with E-state index in [0.717, 1.165) is 58.9 Å². The summed E-state index contributed by atoms with van der Waals surface area (Å²) in [5.41, 5.74) is 12.9. The van der Waals surface area contributed by atoms with Crippen molar-refractivity contribution in [2.45, 2.75) is 64.2 Å². The molecule has 2 bridgehead atoms. The molecular formula is C33H36N10O3. The molecule has 3 aliphatic rings. The second-order valence-electron chi connectivity index (χ2n) is 12.8. The molecule has 8 rings (SSSR count). The fourth-order valence-corrected chi connectivity index (χ4v) is 6.95. The zero-order valence-corrected chi connectivity index (χ0v) is 26.3. The van der Waals surface area contributed by atoms with Crippen LogP contribution in [0, 0.1) is 12.8 Å². The molecule has 236 valence electrons. The summed E-state index contributed by atoms with van der Waals surface area (Å²) >= 11 is 0. The third kappa shape index (κ3) is 4.56. The quantitative estimate of drug-likeness (QED) is 0.268. The van der Waals surface area contributed by atoms with Crippen molar-refractivity contribution < 1.29 is 14.3 Å². The van der Waals surface area contributed by atoms with Crippen LogP contribution in [0.2, 0.25) is 0 Å². The molecule has 3 N–H and O–H groups in total. The Morgan fingerprint density at radius 2 is 2.00 bits per heavy atom. The summed E-state index contributed by atoms with van der Waals surface area (Å²) in [5.74, 6) is 0.728. The summed E-state index contributed by atoms with van der Waals surface area (Å²) in [6.45, 7) is 4.74. The Morgan fingerprint density at radius 3 is 2.67 bits per heavy atom. The largest absolute Gasteiger partial charge is 0.482 e. The topological polar surface area (TPSA) is 150 Å². The van der Waals surface area contributed by atoms with Crippen LogP contribution in [0.25, 0.3) is 28.1 Å². The highest BCUT2D eigenvalue weighted by atomic mass is 16.5. The lowest BCUT2D eigenvalue weighted by molar-refractivity contribution is 0.0792. The molecule has 2 fully saturated rings. The van der Waals surface area contributed by atoms with Gasteiger partial charge in [-0.15, -0.1) is 5.10 Å². The highest BCUT2D eigenvalue weighted by molar-refractivity contribution is 5.98. The van der Waals surface area contributed by atoms with Crippen LogP contribution in [0.15, 0.2) is 48.3 Å². The monoisotopic (exact) mass is 620 g/mol. The minimum absolute atomic E-state index is 0.0789. The van der Waals surface area contributed by atoms with Gasteiger partial charge in [-0.25, -0.2) is 9.97 Å². The van der Waals surface area contributed by atoms with Crippen LogP contribution in [-0.2, 0) is 13.6 Å². The zero-order valence-electron chi connectivity index (χ0n) is 26.3. The molecule has 5 aromatic rings. The Labute approximate surface area is 265 Å². The number of amides is 2. The van der Waals surface area contributed by atoms with Crippen molar-refractivity contribution in [2.75, 3.05) is 7.11 Å². The van der Waals surface area contributed by atoms with Crippen molar-refractivity contribution >= 4 is 28.5 Å². The summed E-state index contributed by atoms with van der Waals surface area (Å²) in [4.78, 5) is 38.5. The Morgan fingerprint density at radius 1 is 1.17 bits per heavy atom. The average Bonchev–Trinajstić information content (AvgIpc) is 3.36. The van der Waals surface area contributed by atoms with E-state index in [-0.39, 0.29) is 35.6 Å². The second kappa shape index (κ2) is 10.5. The number of carbonyl (C=O) groups excluding carboxylic acids is 2. The molecule has 0 unspecified atom stereocenters. The van der Waals surface area contributed by atoms with Gasteiger partial charge in [-0.3, -0.25) is 18.7 Å². The van der Waals surface area contributed by atoms with Crippen LogP contribution in [0.1, 0.15) is 70.9 Å². The van der Waals surface area contributed by atoms with E-state index < -0.39 is 0 Å². The number of hydrogen-bond donors (Lipinski definition) is 2. The van der Waals surface area contributed by atoms with Crippen molar-refractivity contribution in [1.29, 1.82) is 0 Å². The highest BCUT2D eigenvalue weighted by Gasteiger charge is 2.42. The maximum Gasteiger partial charge on any atom is 0.273 e. The molecular weight excluding hydrogens is 584 g/mol. The van der Waals surface area contributed by atoms with Gasteiger partial charge < -0.3 is 25.3 Å². The van der Waals surface area contributed by atoms with E-state index in [1.807, 2.05) is 41.3 Å². The predicted octanol–water partition coefficient (Wildman–Crippen LogP) is 3.53. The molecule has 1 saturated carbocycles. The molecule has 3 atom stereocenters. The smallest absolute Gasteiger partial charge is 0.273 e. The molecule has 0 aromatic carbocycles. The minimum atomic E-state index is -0.347. The molecule has 46 heavy (non-hydrogen) atoms. The van der Waals surface area contributed by atoms with E-state index in [2.05, 4.69) is 32.3 Å². The molecule has 13 heteroatoms. The van der Waals surface area contributed by atoms with Crippen molar-refractivity contribution in [3.8, 4) is 17.3 Å². The van der Waals surface area contributed by atoms with Gasteiger partial charge in [0.15, 0.2) is 11.6 Å². The van der Waals surface area contributed by atoms with Crippen LogP contribution >= 0.6 is 0 Å². The number of fused-ring (bicyclic) bond motifs is 4. The Kier molecular flexibility index (Phi) is 6.50. The van der Waals surface area contributed by atoms with Crippen molar-refractivity contribution in [3.05, 3.63) is 70.9 Å². The Bertz CT molecular complexity index is 2080. The van der Waals surface area contributed by atoms with E-state index in [9.17, 15) is 9.59 Å². The van der Waals surface area contributed by atoms with Crippen molar-refractivity contribution in [2.24, 2.45) is 18.7 Å². The minimum Gasteiger partial charge on any atom is -0.482 e. The van der Waals surface area contributed by atoms with Gasteiger partial charge in [0.05, 0.1) is 36.4 Å². The van der Waals surface area contributed by atoms with Gasteiger partial charge in [0.25, 0.3) is 11.8 Å². The van der Waals surface area contributed by atoms with Crippen LogP contribution in [0.5, 0.6) is 5.88 Å². The lowest BCUT2D eigenvalue weighted by Crippen LogP contribution is -2.31. The van der Waals surface area contributed by atoms with Gasteiger partial charge in [-0.2, -0.15) is 0 Å². The predicted molar refractivity (Wildman–Crippen MR) is 170 cm³/mol. The maximum atomic E-state index is 13.8. The first-order valence-electron chi connectivity index (χ1n) is 15.7.